The Morgan fingerprint density at radius 1 is 1.11 bits per heavy atom. The molecule has 1 amide bonds. The summed E-state index contributed by atoms with van der Waals surface area (Å²) in [7, 11) is -3.86. The second-order valence-corrected chi connectivity index (χ2v) is 8.88. The molecule has 0 unspecified atom stereocenters. The van der Waals surface area contributed by atoms with Crippen LogP contribution in [0.3, 0.4) is 0 Å². The van der Waals surface area contributed by atoms with E-state index in [1.54, 1.807) is 32.0 Å². The zero-order chi connectivity index (χ0) is 19.9. The standard InChI is InChI=1S/C19H28N2O5S/c1-14(2)18(21-27(24,25)16-11-7-4-8-12-16)19(23)26-13-17(22)20-15-9-5-3-6-10-15/h4,7-8,11-12,14-15,18,21H,3,5-6,9-10,13H2,1-2H3,(H,20,22)/t18-/m1/s1. The molecule has 0 bridgehead atoms. The summed E-state index contributed by atoms with van der Waals surface area (Å²) >= 11 is 0. The molecule has 1 atom stereocenters. The molecule has 0 aromatic heterocycles. The van der Waals surface area contributed by atoms with Crippen molar-refractivity contribution in [3.8, 4) is 0 Å². The van der Waals surface area contributed by atoms with Crippen molar-refractivity contribution < 1.29 is 22.7 Å². The fourth-order valence-electron chi connectivity index (χ4n) is 3.03. The molecule has 2 rings (SSSR count). The average Bonchev–Trinajstić information content (AvgIpc) is 2.65. The molecule has 0 spiro atoms. The minimum absolute atomic E-state index is 0.0680. The highest BCUT2D eigenvalue weighted by molar-refractivity contribution is 7.89. The van der Waals surface area contributed by atoms with Crippen LogP contribution < -0.4 is 10.0 Å². The molecule has 0 heterocycles. The zero-order valence-electron chi connectivity index (χ0n) is 15.8. The van der Waals surface area contributed by atoms with Crippen molar-refractivity contribution in [3.05, 3.63) is 30.3 Å². The Bertz CT molecular complexity index is 728. The largest absolute Gasteiger partial charge is 0.454 e. The summed E-state index contributed by atoms with van der Waals surface area (Å²) in [4.78, 5) is 24.4. The predicted molar refractivity (Wildman–Crippen MR) is 101 cm³/mol. The number of sulfonamides is 1. The first-order chi connectivity index (χ1) is 12.8. The maximum absolute atomic E-state index is 12.5. The van der Waals surface area contributed by atoms with E-state index in [0.29, 0.717) is 0 Å². The number of carbonyl (C=O) groups excluding carboxylic acids is 2. The predicted octanol–water partition coefficient (Wildman–Crippen LogP) is 1.98. The van der Waals surface area contributed by atoms with Gasteiger partial charge in [-0.2, -0.15) is 4.72 Å². The maximum Gasteiger partial charge on any atom is 0.324 e. The SMILES string of the molecule is CC(C)[C@@H](NS(=O)(=O)c1ccccc1)C(=O)OCC(=O)NC1CCCCC1. The lowest BCUT2D eigenvalue weighted by molar-refractivity contribution is -0.151. The second-order valence-electron chi connectivity index (χ2n) is 7.17. The zero-order valence-corrected chi connectivity index (χ0v) is 16.6. The number of carbonyl (C=O) groups is 2. The molecular weight excluding hydrogens is 368 g/mol. The summed E-state index contributed by atoms with van der Waals surface area (Å²) < 4.78 is 32.4. The molecule has 8 heteroatoms. The smallest absolute Gasteiger partial charge is 0.324 e. The van der Waals surface area contributed by atoms with Gasteiger partial charge < -0.3 is 10.1 Å². The highest BCUT2D eigenvalue weighted by atomic mass is 32.2. The van der Waals surface area contributed by atoms with Crippen LogP contribution in [0.15, 0.2) is 35.2 Å². The van der Waals surface area contributed by atoms with Crippen LogP contribution >= 0.6 is 0 Å². The number of benzene rings is 1. The molecule has 0 radical (unpaired) electrons. The van der Waals surface area contributed by atoms with Crippen molar-refractivity contribution >= 4 is 21.9 Å². The van der Waals surface area contributed by atoms with Gasteiger partial charge in [-0.05, 0) is 30.9 Å². The first kappa shape index (κ1) is 21.4. The van der Waals surface area contributed by atoms with Gasteiger partial charge in [0.25, 0.3) is 5.91 Å². The fourth-order valence-corrected chi connectivity index (χ4v) is 4.39. The van der Waals surface area contributed by atoms with Gasteiger partial charge in [-0.25, -0.2) is 8.42 Å². The summed E-state index contributed by atoms with van der Waals surface area (Å²) in [5.41, 5.74) is 0. The van der Waals surface area contributed by atoms with Crippen LogP contribution in [-0.4, -0.2) is 39.0 Å². The summed E-state index contributed by atoms with van der Waals surface area (Å²) in [6.07, 6.45) is 5.22. The molecule has 150 valence electrons. The van der Waals surface area contributed by atoms with Crippen molar-refractivity contribution in [2.45, 2.75) is 62.9 Å². The second kappa shape index (κ2) is 9.85. The molecular formula is C19H28N2O5S. The number of rotatable bonds is 8. The van der Waals surface area contributed by atoms with E-state index in [4.69, 9.17) is 4.74 Å². The Morgan fingerprint density at radius 2 is 1.74 bits per heavy atom. The summed E-state index contributed by atoms with van der Waals surface area (Å²) in [5, 5.41) is 2.86. The number of amides is 1. The number of nitrogens with one attached hydrogen (secondary N) is 2. The van der Waals surface area contributed by atoms with E-state index in [0.717, 1.165) is 25.7 Å². The van der Waals surface area contributed by atoms with E-state index in [2.05, 4.69) is 10.0 Å². The van der Waals surface area contributed by atoms with Crippen LogP contribution in [0.5, 0.6) is 0 Å². The average molecular weight is 397 g/mol. The van der Waals surface area contributed by atoms with E-state index in [1.807, 2.05) is 0 Å². The quantitative estimate of drug-likeness (QED) is 0.654. The molecule has 0 saturated heterocycles. The van der Waals surface area contributed by atoms with E-state index in [9.17, 15) is 18.0 Å². The van der Waals surface area contributed by atoms with Gasteiger partial charge in [-0.15, -0.1) is 0 Å². The van der Waals surface area contributed by atoms with Gasteiger partial charge in [0.05, 0.1) is 4.90 Å². The van der Waals surface area contributed by atoms with Crippen molar-refractivity contribution in [1.82, 2.24) is 10.0 Å². The normalized spacial score (nSPS) is 16.7. The molecule has 1 aliphatic rings. The minimum atomic E-state index is -3.86. The van der Waals surface area contributed by atoms with Crippen molar-refractivity contribution in [1.29, 1.82) is 0 Å². The lowest BCUT2D eigenvalue weighted by atomic mass is 9.95. The number of esters is 1. The van der Waals surface area contributed by atoms with Crippen molar-refractivity contribution in [3.63, 3.8) is 0 Å². The molecule has 1 saturated carbocycles. The topological polar surface area (TPSA) is 102 Å². The number of ether oxygens (including phenoxy) is 1. The monoisotopic (exact) mass is 396 g/mol. The van der Waals surface area contributed by atoms with Gasteiger partial charge in [0.15, 0.2) is 6.61 Å². The van der Waals surface area contributed by atoms with Gasteiger partial charge >= 0.3 is 5.97 Å². The minimum Gasteiger partial charge on any atom is -0.454 e. The lowest BCUT2D eigenvalue weighted by Gasteiger charge is -2.23. The molecule has 1 fully saturated rings. The molecule has 1 aliphatic carbocycles. The van der Waals surface area contributed by atoms with Gasteiger partial charge in [0.1, 0.15) is 6.04 Å². The summed E-state index contributed by atoms with van der Waals surface area (Å²) in [5.74, 6) is -1.45. The third kappa shape index (κ3) is 6.62. The highest BCUT2D eigenvalue weighted by Gasteiger charge is 2.30. The van der Waals surface area contributed by atoms with E-state index in [-0.39, 0.29) is 22.8 Å². The van der Waals surface area contributed by atoms with Crippen molar-refractivity contribution in [2.24, 2.45) is 5.92 Å². The third-order valence-electron chi connectivity index (χ3n) is 4.57. The highest BCUT2D eigenvalue weighted by Crippen LogP contribution is 2.17. The van der Waals surface area contributed by atoms with Crippen molar-refractivity contribution in [2.75, 3.05) is 6.61 Å². The molecule has 0 aliphatic heterocycles. The van der Waals surface area contributed by atoms with Gasteiger partial charge in [-0.1, -0.05) is 51.3 Å². The Kier molecular flexibility index (Phi) is 7.79. The van der Waals surface area contributed by atoms with Crippen LogP contribution in [0.2, 0.25) is 0 Å². The van der Waals surface area contributed by atoms with Crippen LogP contribution in [-0.2, 0) is 24.3 Å². The molecule has 27 heavy (non-hydrogen) atoms. The van der Waals surface area contributed by atoms with E-state index >= 15 is 0 Å². The number of hydrogen-bond acceptors (Lipinski definition) is 5. The number of hydrogen-bond donors (Lipinski definition) is 2. The molecule has 7 nitrogen and oxygen atoms in total. The van der Waals surface area contributed by atoms with Gasteiger partial charge in [-0.3, -0.25) is 9.59 Å². The Morgan fingerprint density at radius 3 is 2.33 bits per heavy atom. The maximum atomic E-state index is 12.5. The first-order valence-corrected chi connectivity index (χ1v) is 10.8. The van der Waals surface area contributed by atoms with Crippen LogP contribution in [0.4, 0.5) is 0 Å². The Hall–Kier alpha value is -1.93. The van der Waals surface area contributed by atoms with Gasteiger partial charge in [0, 0.05) is 6.04 Å². The molecule has 2 N–H and O–H groups in total. The van der Waals surface area contributed by atoms with Crippen LogP contribution in [0, 0.1) is 5.92 Å². The first-order valence-electron chi connectivity index (χ1n) is 9.33. The lowest BCUT2D eigenvalue weighted by Crippen LogP contribution is -2.46. The third-order valence-corrected chi connectivity index (χ3v) is 6.03. The van der Waals surface area contributed by atoms with Crippen LogP contribution in [0.25, 0.3) is 0 Å². The van der Waals surface area contributed by atoms with E-state index in [1.165, 1.54) is 18.6 Å². The Labute approximate surface area is 160 Å². The van der Waals surface area contributed by atoms with Gasteiger partial charge in [0.2, 0.25) is 10.0 Å². The fraction of sp³-hybridized carbons (Fsp3) is 0.579. The molecule has 1 aromatic rings. The molecule has 1 aromatic carbocycles. The summed E-state index contributed by atoms with van der Waals surface area (Å²) in [6, 6.07) is 6.86. The van der Waals surface area contributed by atoms with E-state index < -0.39 is 28.6 Å². The summed E-state index contributed by atoms with van der Waals surface area (Å²) in [6.45, 7) is 3.01. The van der Waals surface area contributed by atoms with Crippen LogP contribution in [0.1, 0.15) is 46.0 Å². The Balaban J connectivity index is 1.91.